The topological polar surface area (TPSA) is 29.5 Å². The zero-order valence-corrected chi connectivity index (χ0v) is 11.5. The molecule has 17 heavy (non-hydrogen) atoms. The average Bonchev–Trinajstić information content (AvgIpc) is 2.82. The Hall–Kier alpha value is -0.220. The van der Waals surface area contributed by atoms with Gasteiger partial charge in [0.1, 0.15) is 0 Å². The average molecular weight is 255 g/mol. The van der Waals surface area contributed by atoms with Crippen molar-refractivity contribution in [3.05, 3.63) is 0 Å². The van der Waals surface area contributed by atoms with Crippen molar-refractivity contribution in [2.24, 2.45) is 11.8 Å². The molecule has 3 rings (SSSR count). The van der Waals surface area contributed by atoms with Crippen LogP contribution >= 0.6 is 11.8 Å². The Kier molecular flexibility index (Phi) is 2.90. The summed E-state index contributed by atoms with van der Waals surface area (Å²) in [6.07, 6.45) is 2.66. The highest BCUT2D eigenvalue weighted by molar-refractivity contribution is 8.01. The van der Waals surface area contributed by atoms with Gasteiger partial charge < -0.3 is 9.64 Å². The van der Waals surface area contributed by atoms with E-state index in [4.69, 9.17) is 4.74 Å². The maximum Gasteiger partial charge on any atom is 0.226 e. The van der Waals surface area contributed by atoms with E-state index in [-0.39, 0.29) is 0 Å². The number of thioether (sulfide) groups is 1. The lowest BCUT2D eigenvalue weighted by molar-refractivity contribution is -0.138. The number of likely N-dealkylation sites (tertiary alicyclic amines) is 1. The second-order valence-corrected chi connectivity index (χ2v) is 7.28. The smallest absolute Gasteiger partial charge is 0.226 e. The van der Waals surface area contributed by atoms with Crippen LogP contribution in [0.1, 0.15) is 26.7 Å². The maximum absolute atomic E-state index is 12.0. The molecule has 3 nitrogen and oxygen atoms in total. The normalized spacial score (nSPS) is 38.2. The summed E-state index contributed by atoms with van der Waals surface area (Å²) in [5.41, 5.74) is 0. The number of nitrogens with zero attached hydrogens (tertiary/aromatic N) is 1. The second-order valence-electron chi connectivity index (χ2n) is 5.79. The molecule has 0 aromatic rings. The first-order chi connectivity index (χ1) is 8.13. The van der Waals surface area contributed by atoms with Crippen molar-refractivity contribution in [1.29, 1.82) is 0 Å². The molecule has 1 saturated carbocycles. The highest BCUT2D eigenvalue weighted by atomic mass is 32.2. The van der Waals surface area contributed by atoms with Gasteiger partial charge in [-0.1, -0.05) is 6.92 Å². The van der Waals surface area contributed by atoms with Crippen molar-refractivity contribution in [1.82, 2.24) is 4.90 Å². The molecule has 3 fully saturated rings. The molecule has 0 unspecified atom stereocenters. The third-order valence-corrected chi connectivity index (χ3v) is 5.85. The first-order valence-electron chi connectivity index (χ1n) is 6.68. The van der Waals surface area contributed by atoms with Gasteiger partial charge in [0, 0.05) is 31.4 Å². The van der Waals surface area contributed by atoms with Crippen molar-refractivity contribution in [3.63, 3.8) is 0 Å². The summed E-state index contributed by atoms with van der Waals surface area (Å²) >= 11 is 2.01. The Morgan fingerprint density at radius 1 is 1.53 bits per heavy atom. The van der Waals surface area contributed by atoms with Gasteiger partial charge in [-0.25, -0.2) is 0 Å². The second kappa shape index (κ2) is 4.16. The Bertz CT molecular complexity index is 327. The molecule has 3 aliphatic rings. The van der Waals surface area contributed by atoms with Crippen LogP contribution in [0.4, 0.5) is 0 Å². The standard InChI is InChI=1S/C13H21NO2S/c1-3-16-10-5-13(17-6-10)7-14(8-13)12(15)11-4-9(11)2/h9-11H,3-8H2,1-2H3/t9-,10+,11+/m1/s1. The number of amides is 1. The molecule has 2 heterocycles. The minimum absolute atomic E-state index is 0.341. The Balaban J connectivity index is 1.49. The van der Waals surface area contributed by atoms with Gasteiger partial charge in [-0.05, 0) is 25.7 Å². The van der Waals surface area contributed by atoms with E-state index >= 15 is 0 Å². The van der Waals surface area contributed by atoms with Crippen molar-refractivity contribution in [3.8, 4) is 0 Å². The molecule has 0 aromatic carbocycles. The van der Waals surface area contributed by atoms with Gasteiger partial charge in [0.15, 0.2) is 0 Å². The van der Waals surface area contributed by atoms with Crippen molar-refractivity contribution in [2.75, 3.05) is 25.4 Å². The molecule has 1 aliphatic carbocycles. The fourth-order valence-corrected chi connectivity index (χ4v) is 4.62. The quantitative estimate of drug-likeness (QED) is 0.769. The Morgan fingerprint density at radius 2 is 2.24 bits per heavy atom. The molecule has 0 N–H and O–H groups in total. The molecule has 2 saturated heterocycles. The fraction of sp³-hybridized carbons (Fsp3) is 0.923. The molecule has 1 amide bonds. The number of rotatable bonds is 3. The summed E-state index contributed by atoms with van der Waals surface area (Å²) in [5, 5.41) is 0. The largest absolute Gasteiger partial charge is 0.378 e. The number of carbonyl (C=O) groups is 1. The highest BCUT2D eigenvalue weighted by Gasteiger charge is 2.53. The molecular formula is C13H21NO2S. The highest BCUT2D eigenvalue weighted by Crippen LogP contribution is 2.48. The summed E-state index contributed by atoms with van der Waals surface area (Å²) < 4.78 is 6.02. The molecule has 0 radical (unpaired) electrons. The molecular weight excluding hydrogens is 234 g/mol. The zero-order valence-electron chi connectivity index (χ0n) is 10.6. The van der Waals surface area contributed by atoms with Crippen LogP contribution in [0, 0.1) is 11.8 Å². The third kappa shape index (κ3) is 2.10. The summed E-state index contributed by atoms with van der Waals surface area (Å²) in [6, 6.07) is 0. The number of carbonyl (C=O) groups excluding carboxylic acids is 1. The van der Waals surface area contributed by atoms with E-state index in [1.165, 1.54) is 0 Å². The van der Waals surface area contributed by atoms with Gasteiger partial charge in [0.2, 0.25) is 5.91 Å². The fourth-order valence-electron chi connectivity index (χ4n) is 3.07. The maximum atomic E-state index is 12.0. The van der Waals surface area contributed by atoms with Crippen molar-refractivity contribution in [2.45, 2.75) is 37.5 Å². The van der Waals surface area contributed by atoms with Crippen LogP contribution in [0.15, 0.2) is 0 Å². The predicted molar refractivity (Wildman–Crippen MR) is 69.1 cm³/mol. The molecule has 1 spiro atoms. The van der Waals surface area contributed by atoms with Gasteiger partial charge >= 0.3 is 0 Å². The predicted octanol–water partition coefficient (Wildman–Crippen LogP) is 1.77. The molecule has 3 atom stereocenters. The van der Waals surface area contributed by atoms with E-state index in [1.54, 1.807) is 0 Å². The molecule has 2 aliphatic heterocycles. The minimum atomic E-state index is 0.341. The molecule has 96 valence electrons. The SMILES string of the molecule is CCO[C@@H]1CSC2(C1)CN(C(=O)[C@H]1C[C@H]1C)C2. The Labute approximate surface area is 107 Å². The van der Waals surface area contributed by atoms with Crippen LogP contribution in [0.2, 0.25) is 0 Å². The van der Waals surface area contributed by atoms with Crippen molar-refractivity contribution < 1.29 is 9.53 Å². The molecule has 4 heteroatoms. The summed E-state index contributed by atoms with van der Waals surface area (Å²) in [6.45, 7) is 6.96. The monoisotopic (exact) mass is 255 g/mol. The van der Waals surface area contributed by atoms with E-state index in [0.29, 0.717) is 28.6 Å². The third-order valence-electron chi connectivity index (χ3n) is 4.27. The summed E-state index contributed by atoms with van der Waals surface area (Å²) in [7, 11) is 0. The number of hydrogen-bond donors (Lipinski definition) is 0. The summed E-state index contributed by atoms with van der Waals surface area (Å²) in [4.78, 5) is 14.1. The van der Waals surface area contributed by atoms with E-state index in [0.717, 1.165) is 38.3 Å². The summed E-state index contributed by atoms with van der Waals surface area (Å²) in [5.74, 6) is 2.49. The van der Waals surface area contributed by atoms with Crippen LogP contribution in [0.25, 0.3) is 0 Å². The number of ether oxygens (including phenoxy) is 1. The van der Waals surface area contributed by atoms with Gasteiger partial charge in [0.05, 0.1) is 10.9 Å². The van der Waals surface area contributed by atoms with Crippen LogP contribution in [-0.2, 0) is 9.53 Å². The van der Waals surface area contributed by atoms with Crippen molar-refractivity contribution >= 4 is 17.7 Å². The van der Waals surface area contributed by atoms with Gasteiger partial charge in [0.25, 0.3) is 0 Å². The van der Waals surface area contributed by atoms with Crippen LogP contribution in [-0.4, -0.2) is 47.1 Å². The van der Waals surface area contributed by atoms with Crippen LogP contribution < -0.4 is 0 Å². The van der Waals surface area contributed by atoms with E-state index < -0.39 is 0 Å². The van der Waals surface area contributed by atoms with Gasteiger partial charge in [-0.3, -0.25) is 4.79 Å². The first-order valence-corrected chi connectivity index (χ1v) is 7.66. The lowest BCUT2D eigenvalue weighted by Crippen LogP contribution is -2.61. The van der Waals surface area contributed by atoms with Gasteiger partial charge in [-0.15, -0.1) is 11.8 Å². The van der Waals surface area contributed by atoms with Crippen LogP contribution in [0.5, 0.6) is 0 Å². The number of hydrogen-bond acceptors (Lipinski definition) is 3. The van der Waals surface area contributed by atoms with E-state index in [2.05, 4.69) is 18.7 Å². The lowest BCUT2D eigenvalue weighted by Gasteiger charge is -2.47. The van der Waals surface area contributed by atoms with Crippen LogP contribution in [0.3, 0.4) is 0 Å². The lowest BCUT2D eigenvalue weighted by atomic mass is 9.92. The zero-order chi connectivity index (χ0) is 12.0. The van der Waals surface area contributed by atoms with E-state index in [1.807, 2.05) is 11.8 Å². The minimum Gasteiger partial charge on any atom is -0.378 e. The molecule has 0 bridgehead atoms. The van der Waals surface area contributed by atoms with Gasteiger partial charge in [-0.2, -0.15) is 0 Å². The molecule has 0 aromatic heterocycles. The first kappa shape index (κ1) is 11.8. The van der Waals surface area contributed by atoms with E-state index in [9.17, 15) is 4.79 Å². The Morgan fingerprint density at radius 3 is 2.82 bits per heavy atom.